The zero-order chi connectivity index (χ0) is 15.2. The summed E-state index contributed by atoms with van der Waals surface area (Å²) in [5.74, 6) is 1.39. The SMILES string of the molecule is NC(=NCc1ccccc1CN1CCCC1)NCC1CCC1. The van der Waals surface area contributed by atoms with E-state index in [1.807, 2.05) is 0 Å². The number of nitrogens with two attached hydrogens (primary N) is 1. The molecule has 0 aromatic heterocycles. The van der Waals surface area contributed by atoms with Gasteiger partial charge in [-0.3, -0.25) is 4.90 Å². The summed E-state index contributed by atoms with van der Waals surface area (Å²) in [6.07, 6.45) is 6.70. The van der Waals surface area contributed by atoms with Gasteiger partial charge in [0, 0.05) is 13.1 Å². The Morgan fingerprint density at radius 3 is 2.55 bits per heavy atom. The number of nitrogens with zero attached hydrogens (tertiary/aromatic N) is 2. The molecule has 4 heteroatoms. The minimum atomic E-state index is 0.586. The van der Waals surface area contributed by atoms with Crippen molar-refractivity contribution in [2.45, 2.75) is 45.2 Å². The van der Waals surface area contributed by atoms with Crippen LogP contribution in [0.2, 0.25) is 0 Å². The van der Waals surface area contributed by atoms with Crippen molar-refractivity contribution in [3.05, 3.63) is 35.4 Å². The van der Waals surface area contributed by atoms with Gasteiger partial charge < -0.3 is 11.1 Å². The Hall–Kier alpha value is -1.55. The van der Waals surface area contributed by atoms with Crippen LogP contribution in [-0.2, 0) is 13.1 Å². The third-order valence-electron chi connectivity index (χ3n) is 4.93. The molecule has 1 aromatic rings. The fourth-order valence-electron chi connectivity index (χ4n) is 3.22. The molecule has 0 spiro atoms. The highest BCUT2D eigenvalue weighted by molar-refractivity contribution is 5.77. The van der Waals surface area contributed by atoms with Gasteiger partial charge in [-0.05, 0) is 55.8 Å². The number of aliphatic imine (C=N–C) groups is 1. The van der Waals surface area contributed by atoms with Gasteiger partial charge in [-0.25, -0.2) is 4.99 Å². The lowest BCUT2D eigenvalue weighted by Crippen LogP contribution is -2.37. The van der Waals surface area contributed by atoms with Gasteiger partial charge in [-0.2, -0.15) is 0 Å². The number of guanidine groups is 1. The second kappa shape index (κ2) is 7.63. The molecule has 0 unspecified atom stereocenters. The molecule has 0 bridgehead atoms. The molecule has 22 heavy (non-hydrogen) atoms. The maximum atomic E-state index is 5.99. The van der Waals surface area contributed by atoms with Gasteiger partial charge in [0.2, 0.25) is 0 Å². The summed E-state index contributed by atoms with van der Waals surface area (Å²) in [6.45, 7) is 5.14. The number of hydrogen-bond donors (Lipinski definition) is 2. The summed E-state index contributed by atoms with van der Waals surface area (Å²) < 4.78 is 0. The average Bonchev–Trinajstić information content (AvgIpc) is 2.98. The second-order valence-corrected chi connectivity index (χ2v) is 6.63. The molecule has 1 heterocycles. The van der Waals surface area contributed by atoms with Crippen molar-refractivity contribution in [3.8, 4) is 0 Å². The van der Waals surface area contributed by atoms with E-state index in [1.54, 1.807) is 0 Å². The zero-order valence-electron chi connectivity index (χ0n) is 13.4. The number of benzene rings is 1. The van der Waals surface area contributed by atoms with E-state index in [1.165, 1.54) is 56.3 Å². The quantitative estimate of drug-likeness (QED) is 0.627. The molecular weight excluding hydrogens is 272 g/mol. The summed E-state index contributed by atoms with van der Waals surface area (Å²) in [4.78, 5) is 7.05. The third-order valence-corrected chi connectivity index (χ3v) is 4.93. The first-order chi connectivity index (χ1) is 10.8. The molecule has 1 aliphatic heterocycles. The molecule has 0 atom stereocenters. The predicted molar refractivity (Wildman–Crippen MR) is 91.6 cm³/mol. The van der Waals surface area contributed by atoms with Crippen LogP contribution in [0.5, 0.6) is 0 Å². The van der Waals surface area contributed by atoms with Crippen LogP contribution in [0.25, 0.3) is 0 Å². The smallest absolute Gasteiger partial charge is 0.188 e. The lowest BCUT2D eigenvalue weighted by atomic mass is 9.85. The van der Waals surface area contributed by atoms with Gasteiger partial charge in [-0.1, -0.05) is 30.7 Å². The monoisotopic (exact) mass is 300 g/mol. The van der Waals surface area contributed by atoms with Crippen molar-refractivity contribution in [3.63, 3.8) is 0 Å². The Morgan fingerprint density at radius 2 is 1.86 bits per heavy atom. The molecule has 0 amide bonds. The van der Waals surface area contributed by atoms with Crippen molar-refractivity contribution < 1.29 is 0 Å². The number of hydrogen-bond acceptors (Lipinski definition) is 2. The highest BCUT2D eigenvalue weighted by Crippen LogP contribution is 2.25. The Labute approximate surface area is 133 Å². The highest BCUT2D eigenvalue weighted by Gasteiger charge is 2.17. The maximum Gasteiger partial charge on any atom is 0.188 e. The van der Waals surface area contributed by atoms with E-state index in [4.69, 9.17) is 5.73 Å². The van der Waals surface area contributed by atoms with Crippen LogP contribution in [0.3, 0.4) is 0 Å². The molecule has 0 radical (unpaired) electrons. The first-order valence-electron chi connectivity index (χ1n) is 8.64. The van der Waals surface area contributed by atoms with E-state index in [0.29, 0.717) is 12.5 Å². The summed E-state index contributed by atoms with van der Waals surface area (Å²) >= 11 is 0. The summed E-state index contributed by atoms with van der Waals surface area (Å²) in [5.41, 5.74) is 8.67. The molecular formula is C18H28N4. The van der Waals surface area contributed by atoms with E-state index in [-0.39, 0.29) is 0 Å². The Bertz CT molecular complexity index is 502. The lowest BCUT2D eigenvalue weighted by molar-refractivity contribution is 0.315. The molecule has 2 aliphatic rings. The Balaban J connectivity index is 1.54. The van der Waals surface area contributed by atoms with Gasteiger partial charge in [0.15, 0.2) is 5.96 Å². The van der Waals surface area contributed by atoms with Crippen LogP contribution < -0.4 is 11.1 Å². The van der Waals surface area contributed by atoms with Crippen LogP contribution in [0.15, 0.2) is 29.3 Å². The fourth-order valence-corrected chi connectivity index (χ4v) is 3.22. The second-order valence-electron chi connectivity index (χ2n) is 6.63. The zero-order valence-corrected chi connectivity index (χ0v) is 13.4. The van der Waals surface area contributed by atoms with Crippen molar-refractivity contribution in [1.29, 1.82) is 0 Å². The van der Waals surface area contributed by atoms with Gasteiger partial charge >= 0.3 is 0 Å². The van der Waals surface area contributed by atoms with Crippen molar-refractivity contribution >= 4 is 5.96 Å². The minimum Gasteiger partial charge on any atom is -0.370 e. The standard InChI is InChI=1S/C18H28N4/c19-18(20-12-15-6-5-7-15)21-13-16-8-1-2-9-17(16)14-22-10-3-4-11-22/h1-2,8-9,15H,3-7,10-14H2,(H3,19,20,21). The van der Waals surface area contributed by atoms with Gasteiger partial charge in [-0.15, -0.1) is 0 Å². The van der Waals surface area contributed by atoms with Gasteiger partial charge in [0.1, 0.15) is 0 Å². The molecule has 1 saturated heterocycles. The van der Waals surface area contributed by atoms with E-state index >= 15 is 0 Å². The van der Waals surface area contributed by atoms with E-state index < -0.39 is 0 Å². The maximum absolute atomic E-state index is 5.99. The molecule has 2 fully saturated rings. The van der Waals surface area contributed by atoms with Gasteiger partial charge in [0.05, 0.1) is 6.54 Å². The molecule has 3 N–H and O–H groups in total. The fraction of sp³-hybridized carbons (Fsp3) is 0.611. The Morgan fingerprint density at radius 1 is 1.14 bits per heavy atom. The summed E-state index contributed by atoms with van der Waals surface area (Å²) in [6, 6.07) is 8.61. The lowest BCUT2D eigenvalue weighted by Gasteiger charge is -2.25. The summed E-state index contributed by atoms with van der Waals surface area (Å²) in [7, 11) is 0. The topological polar surface area (TPSA) is 53.6 Å². The van der Waals surface area contributed by atoms with E-state index in [0.717, 1.165) is 19.0 Å². The first-order valence-corrected chi connectivity index (χ1v) is 8.64. The van der Waals surface area contributed by atoms with Crippen molar-refractivity contribution in [2.24, 2.45) is 16.6 Å². The predicted octanol–water partition coefficient (Wildman–Crippen LogP) is 2.49. The largest absolute Gasteiger partial charge is 0.370 e. The third kappa shape index (κ3) is 4.23. The van der Waals surface area contributed by atoms with E-state index in [9.17, 15) is 0 Å². The van der Waals surface area contributed by atoms with Crippen LogP contribution >= 0.6 is 0 Å². The summed E-state index contributed by atoms with van der Waals surface area (Å²) in [5, 5.41) is 3.26. The average molecular weight is 300 g/mol. The molecule has 1 saturated carbocycles. The minimum absolute atomic E-state index is 0.586. The van der Waals surface area contributed by atoms with Crippen LogP contribution in [-0.4, -0.2) is 30.5 Å². The highest BCUT2D eigenvalue weighted by atomic mass is 15.1. The molecule has 1 aromatic carbocycles. The number of likely N-dealkylation sites (tertiary alicyclic amines) is 1. The van der Waals surface area contributed by atoms with Crippen LogP contribution in [0.4, 0.5) is 0 Å². The van der Waals surface area contributed by atoms with E-state index in [2.05, 4.69) is 39.5 Å². The van der Waals surface area contributed by atoms with Crippen LogP contribution in [0.1, 0.15) is 43.2 Å². The molecule has 120 valence electrons. The van der Waals surface area contributed by atoms with Gasteiger partial charge in [0.25, 0.3) is 0 Å². The Kier molecular flexibility index (Phi) is 5.33. The first kappa shape index (κ1) is 15.3. The number of rotatable bonds is 6. The normalized spacial score (nSPS) is 20.1. The van der Waals surface area contributed by atoms with Crippen molar-refractivity contribution in [1.82, 2.24) is 10.2 Å². The van der Waals surface area contributed by atoms with Crippen LogP contribution in [0, 0.1) is 5.92 Å². The van der Waals surface area contributed by atoms with Crippen molar-refractivity contribution in [2.75, 3.05) is 19.6 Å². The molecule has 4 nitrogen and oxygen atoms in total. The molecule has 3 rings (SSSR count). The number of nitrogens with one attached hydrogen (secondary N) is 1. The molecule has 1 aliphatic carbocycles.